The van der Waals surface area contributed by atoms with E-state index < -0.39 is 0 Å². The fourth-order valence-electron chi connectivity index (χ4n) is 2.48. The fraction of sp³-hybridized carbons (Fsp3) is 0. The molecule has 0 bridgehead atoms. The Hall–Kier alpha value is -3.08. The maximum Gasteiger partial charge on any atom is 0.234 e. The molecule has 4 rings (SSSR count). The highest BCUT2D eigenvalue weighted by Crippen LogP contribution is 2.31. The maximum atomic E-state index is 13.2. The molecule has 0 N–H and O–H groups in total. The van der Waals surface area contributed by atoms with Gasteiger partial charge in [-0.2, -0.15) is 0 Å². The van der Waals surface area contributed by atoms with Crippen LogP contribution in [0.1, 0.15) is 0 Å². The van der Waals surface area contributed by atoms with Gasteiger partial charge < -0.3 is 0 Å². The molecule has 0 radical (unpaired) electrons. The normalized spacial score (nSPS) is 11.0. The Bertz CT molecular complexity index is 930. The van der Waals surface area contributed by atoms with Crippen molar-refractivity contribution in [1.82, 2.24) is 19.4 Å². The Morgan fingerprint density at radius 3 is 2.41 bits per heavy atom. The lowest BCUT2D eigenvalue weighted by Crippen LogP contribution is -1.90. The first-order valence-electron chi connectivity index (χ1n) is 6.82. The number of fused-ring (bicyclic) bond motifs is 1. The van der Waals surface area contributed by atoms with Gasteiger partial charge >= 0.3 is 0 Å². The molecule has 0 spiro atoms. The molecule has 0 saturated heterocycles. The third-order valence-corrected chi connectivity index (χ3v) is 3.48. The lowest BCUT2D eigenvalue weighted by Gasteiger charge is -2.05. The molecule has 0 unspecified atom stereocenters. The van der Waals surface area contributed by atoms with Gasteiger partial charge in [-0.15, -0.1) is 0 Å². The van der Waals surface area contributed by atoms with Crippen LogP contribution in [0.3, 0.4) is 0 Å². The summed E-state index contributed by atoms with van der Waals surface area (Å²) in [4.78, 5) is 12.9. The summed E-state index contributed by atoms with van der Waals surface area (Å²) in [5, 5.41) is 0. The zero-order chi connectivity index (χ0) is 14.9. The Morgan fingerprint density at radius 1 is 0.864 bits per heavy atom. The monoisotopic (exact) mass is 290 g/mol. The quantitative estimate of drug-likeness (QED) is 0.566. The smallest absolute Gasteiger partial charge is 0.234 e. The second-order valence-corrected chi connectivity index (χ2v) is 4.84. The maximum absolute atomic E-state index is 13.2. The Balaban J connectivity index is 2.04. The van der Waals surface area contributed by atoms with Gasteiger partial charge in [-0.05, 0) is 42.5 Å². The number of hydrogen-bond acceptors (Lipinski definition) is 3. The SMILES string of the molecule is Fc1ccc(-c2nc3ncccn3c2-c2ccncc2)cc1. The van der Waals surface area contributed by atoms with E-state index in [-0.39, 0.29) is 5.82 Å². The van der Waals surface area contributed by atoms with Crippen LogP contribution >= 0.6 is 0 Å². The average Bonchev–Trinajstić information content (AvgIpc) is 2.96. The van der Waals surface area contributed by atoms with Crippen molar-refractivity contribution >= 4 is 5.78 Å². The van der Waals surface area contributed by atoms with Gasteiger partial charge in [0.2, 0.25) is 5.78 Å². The minimum absolute atomic E-state index is 0.267. The van der Waals surface area contributed by atoms with Crippen LogP contribution in [0.25, 0.3) is 28.3 Å². The van der Waals surface area contributed by atoms with Crippen LogP contribution in [0.4, 0.5) is 4.39 Å². The summed E-state index contributed by atoms with van der Waals surface area (Å²) < 4.78 is 15.1. The van der Waals surface area contributed by atoms with E-state index in [1.54, 1.807) is 30.7 Å². The van der Waals surface area contributed by atoms with Crippen molar-refractivity contribution in [2.24, 2.45) is 0 Å². The molecule has 0 atom stereocenters. The third-order valence-electron chi connectivity index (χ3n) is 3.48. The number of pyridine rings is 1. The summed E-state index contributed by atoms with van der Waals surface area (Å²) in [6.07, 6.45) is 7.09. The summed E-state index contributed by atoms with van der Waals surface area (Å²) in [5.41, 5.74) is 3.51. The van der Waals surface area contributed by atoms with Gasteiger partial charge in [-0.3, -0.25) is 9.38 Å². The van der Waals surface area contributed by atoms with Gasteiger partial charge in [-0.1, -0.05) is 0 Å². The molecule has 1 aromatic carbocycles. The molecule has 3 aromatic heterocycles. The molecule has 4 aromatic rings. The number of imidazole rings is 1. The van der Waals surface area contributed by atoms with Crippen molar-refractivity contribution in [3.63, 3.8) is 0 Å². The Kier molecular flexibility index (Phi) is 2.89. The highest BCUT2D eigenvalue weighted by Gasteiger charge is 2.16. The van der Waals surface area contributed by atoms with E-state index >= 15 is 0 Å². The van der Waals surface area contributed by atoms with Crippen molar-refractivity contribution in [2.45, 2.75) is 0 Å². The predicted molar refractivity (Wildman–Crippen MR) is 81.6 cm³/mol. The molecule has 106 valence electrons. The number of benzene rings is 1. The van der Waals surface area contributed by atoms with E-state index in [1.807, 2.05) is 28.8 Å². The summed E-state index contributed by atoms with van der Waals surface area (Å²) in [7, 11) is 0. The first kappa shape index (κ1) is 12.6. The molecular weight excluding hydrogens is 279 g/mol. The first-order chi connectivity index (χ1) is 10.8. The van der Waals surface area contributed by atoms with E-state index in [0.29, 0.717) is 5.78 Å². The number of nitrogens with zero attached hydrogens (tertiary/aromatic N) is 4. The predicted octanol–water partition coefficient (Wildman–Crippen LogP) is 3.60. The van der Waals surface area contributed by atoms with Crippen LogP contribution in [-0.2, 0) is 0 Å². The second-order valence-electron chi connectivity index (χ2n) is 4.84. The molecule has 0 fully saturated rings. The van der Waals surface area contributed by atoms with Crippen molar-refractivity contribution in [1.29, 1.82) is 0 Å². The molecule has 0 aliphatic heterocycles. The van der Waals surface area contributed by atoms with Gasteiger partial charge in [0.15, 0.2) is 0 Å². The van der Waals surface area contributed by atoms with Gasteiger partial charge in [0.05, 0.1) is 11.4 Å². The molecule has 22 heavy (non-hydrogen) atoms. The lowest BCUT2D eigenvalue weighted by molar-refractivity contribution is 0.628. The van der Waals surface area contributed by atoms with Crippen LogP contribution in [0.5, 0.6) is 0 Å². The Morgan fingerprint density at radius 2 is 1.64 bits per heavy atom. The van der Waals surface area contributed by atoms with Crippen molar-refractivity contribution in [3.05, 3.63) is 73.1 Å². The average molecular weight is 290 g/mol. The van der Waals surface area contributed by atoms with Gasteiger partial charge in [0, 0.05) is 35.9 Å². The molecule has 0 aliphatic rings. The van der Waals surface area contributed by atoms with E-state index in [1.165, 1.54) is 12.1 Å². The van der Waals surface area contributed by atoms with E-state index in [2.05, 4.69) is 15.0 Å². The van der Waals surface area contributed by atoms with E-state index in [0.717, 1.165) is 22.5 Å². The highest BCUT2D eigenvalue weighted by atomic mass is 19.1. The molecule has 5 heteroatoms. The molecule has 0 amide bonds. The third kappa shape index (κ3) is 2.03. The van der Waals surface area contributed by atoms with Gasteiger partial charge in [0.1, 0.15) is 5.82 Å². The number of hydrogen-bond donors (Lipinski definition) is 0. The molecule has 4 nitrogen and oxygen atoms in total. The first-order valence-corrected chi connectivity index (χ1v) is 6.82. The number of rotatable bonds is 2. The fourth-order valence-corrected chi connectivity index (χ4v) is 2.48. The van der Waals surface area contributed by atoms with Crippen LogP contribution in [0.2, 0.25) is 0 Å². The summed E-state index contributed by atoms with van der Waals surface area (Å²) in [6.45, 7) is 0. The molecule has 0 aliphatic carbocycles. The summed E-state index contributed by atoms with van der Waals surface area (Å²) in [5.74, 6) is 0.338. The zero-order valence-corrected chi connectivity index (χ0v) is 11.5. The minimum atomic E-state index is -0.267. The van der Waals surface area contributed by atoms with Crippen LogP contribution in [-0.4, -0.2) is 19.4 Å². The summed E-state index contributed by atoms with van der Waals surface area (Å²) in [6, 6.07) is 12.0. The van der Waals surface area contributed by atoms with E-state index in [9.17, 15) is 4.39 Å². The minimum Gasteiger partial charge on any atom is -0.283 e. The van der Waals surface area contributed by atoms with E-state index in [4.69, 9.17) is 0 Å². The number of aromatic nitrogens is 4. The van der Waals surface area contributed by atoms with Gasteiger partial charge in [-0.25, -0.2) is 14.4 Å². The highest BCUT2D eigenvalue weighted by molar-refractivity contribution is 5.81. The van der Waals surface area contributed by atoms with Crippen molar-refractivity contribution < 1.29 is 4.39 Å². The number of halogens is 1. The second kappa shape index (κ2) is 5.04. The van der Waals surface area contributed by atoms with Gasteiger partial charge in [0.25, 0.3) is 0 Å². The topological polar surface area (TPSA) is 43.1 Å². The van der Waals surface area contributed by atoms with Crippen LogP contribution < -0.4 is 0 Å². The lowest BCUT2D eigenvalue weighted by atomic mass is 10.1. The van der Waals surface area contributed by atoms with Crippen LogP contribution in [0.15, 0.2) is 67.3 Å². The zero-order valence-electron chi connectivity index (χ0n) is 11.5. The van der Waals surface area contributed by atoms with Crippen molar-refractivity contribution in [3.8, 4) is 22.5 Å². The Labute approximate surface area is 125 Å². The standard InChI is InChI=1S/C17H11FN4/c18-14-4-2-12(3-5-14)15-16(13-6-9-19-10-7-13)22-11-1-8-20-17(22)21-15/h1-11H. The summed E-state index contributed by atoms with van der Waals surface area (Å²) >= 11 is 0. The molecule has 3 heterocycles. The largest absolute Gasteiger partial charge is 0.283 e. The van der Waals surface area contributed by atoms with Crippen molar-refractivity contribution in [2.75, 3.05) is 0 Å². The van der Waals surface area contributed by atoms with Crippen LogP contribution in [0, 0.1) is 5.82 Å². The molecular formula is C17H11FN4. The molecule has 0 saturated carbocycles.